The van der Waals surface area contributed by atoms with E-state index in [1.807, 2.05) is 14.1 Å². The summed E-state index contributed by atoms with van der Waals surface area (Å²) in [4.78, 5) is 15.3. The molecule has 6 nitrogen and oxygen atoms in total. The molecule has 1 amide bonds. The fourth-order valence-electron chi connectivity index (χ4n) is 1.76. The van der Waals surface area contributed by atoms with Crippen LogP contribution in [0.2, 0.25) is 0 Å². The number of likely N-dealkylation sites (N-methyl/N-ethyl adjacent to an activating group) is 1. The van der Waals surface area contributed by atoms with Crippen molar-refractivity contribution in [2.45, 2.75) is 19.9 Å². The number of hydrogen-bond donors (Lipinski definition) is 1. The van der Waals surface area contributed by atoms with Crippen LogP contribution in [0.1, 0.15) is 24.3 Å². The molecule has 1 heterocycles. The van der Waals surface area contributed by atoms with Gasteiger partial charge in [0.15, 0.2) is 5.69 Å². The zero-order valence-electron chi connectivity index (χ0n) is 13.2. The van der Waals surface area contributed by atoms with E-state index in [2.05, 4.69) is 34.3 Å². The van der Waals surface area contributed by atoms with Crippen molar-refractivity contribution in [2.24, 2.45) is 5.92 Å². The maximum atomic E-state index is 11.7. The molecule has 1 atom stereocenters. The quantitative estimate of drug-likeness (QED) is 0.847. The normalized spacial score (nSPS) is 12.6. The Morgan fingerprint density at radius 1 is 1.20 bits per heavy atom. The third-order valence-electron chi connectivity index (χ3n) is 2.99. The second-order valence-electron chi connectivity index (χ2n) is 5.76. The third-order valence-corrected chi connectivity index (χ3v) is 2.99. The van der Waals surface area contributed by atoms with E-state index in [-0.39, 0.29) is 11.9 Å². The van der Waals surface area contributed by atoms with Gasteiger partial charge >= 0.3 is 0 Å². The van der Waals surface area contributed by atoms with Crippen molar-refractivity contribution in [3.8, 4) is 0 Å². The van der Waals surface area contributed by atoms with Crippen molar-refractivity contribution in [1.29, 1.82) is 0 Å². The van der Waals surface area contributed by atoms with Crippen molar-refractivity contribution >= 4 is 11.7 Å². The lowest BCUT2D eigenvalue weighted by Crippen LogP contribution is -2.36. The van der Waals surface area contributed by atoms with Crippen LogP contribution in [0.25, 0.3) is 0 Å². The molecule has 6 heteroatoms. The Morgan fingerprint density at radius 3 is 2.25 bits per heavy atom. The number of rotatable bonds is 6. The zero-order chi connectivity index (χ0) is 15.3. The molecule has 0 fully saturated rings. The molecule has 1 rings (SSSR count). The van der Waals surface area contributed by atoms with Gasteiger partial charge in [-0.1, -0.05) is 13.8 Å². The van der Waals surface area contributed by atoms with E-state index in [4.69, 9.17) is 0 Å². The predicted molar refractivity (Wildman–Crippen MR) is 80.9 cm³/mol. The second kappa shape index (κ2) is 7.19. The topological polar surface area (TPSA) is 61.4 Å². The van der Waals surface area contributed by atoms with Crippen LogP contribution in [0, 0.1) is 5.92 Å². The second-order valence-corrected chi connectivity index (χ2v) is 5.76. The van der Waals surface area contributed by atoms with Crippen molar-refractivity contribution in [3.05, 3.63) is 17.8 Å². The van der Waals surface area contributed by atoms with Gasteiger partial charge < -0.3 is 15.1 Å². The van der Waals surface area contributed by atoms with Gasteiger partial charge in [-0.2, -0.15) is 0 Å². The minimum absolute atomic E-state index is 0.141. The highest BCUT2D eigenvalue weighted by atomic mass is 16.2. The van der Waals surface area contributed by atoms with Gasteiger partial charge in [-0.3, -0.25) is 4.79 Å². The first-order valence-corrected chi connectivity index (χ1v) is 6.78. The molecule has 112 valence electrons. The Bertz CT molecular complexity index is 428. The van der Waals surface area contributed by atoms with Gasteiger partial charge in [-0.15, -0.1) is 10.2 Å². The van der Waals surface area contributed by atoms with Gasteiger partial charge in [0, 0.05) is 26.7 Å². The smallest absolute Gasteiger partial charge is 0.273 e. The van der Waals surface area contributed by atoms with E-state index in [1.165, 1.54) is 4.90 Å². The number of carbonyl (C=O) groups excluding carboxylic acids is 1. The summed E-state index contributed by atoms with van der Waals surface area (Å²) >= 11 is 0. The van der Waals surface area contributed by atoms with E-state index < -0.39 is 0 Å². The fraction of sp³-hybridized carbons (Fsp3) is 0.643. The molecule has 0 aliphatic carbocycles. The average molecular weight is 279 g/mol. The van der Waals surface area contributed by atoms with E-state index in [0.29, 0.717) is 17.4 Å². The van der Waals surface area contributed by atoms with Gasteiger partial charge in [-0.25, -0.2) is 0 Å². The van der Waals surface area contributed by atoms with Crippen molar-refractivity contribution in [1.82, 2.24) is 20.0 Å². The lowest BCUT2D eigenvalue weighted by molar-refractivity contribution is 0.0821. The first-order chi connectivity index (χ1) is 9.31. The van der Waals surface area contributed by atoms with Gasteiger partial charge in [0.2, 0.25) is 0 Å². The van der Waals surface area contributed by atoms with E-state index in [9.17, 15) is 4.79 Å². The third kappa shape index (κ3) is 4.77. The highest BCUT2D eigenvalue weighted by Gasteiger charge is 2.16. The monoisotopic (exact) mass is 279 g/mol. The summed E-state index contributed by atoms with van der Waals surface area (Å²) in [5.74, 6) is 1.03. The number of aromatic nitrogens is 2. The van der Waals surface area contributed by atoms with E-state index in [0.717, 1.165) is 6.54 Å². The highest BCUT2D eigenvalue weighted by molar-refractivity contribution is 5.91. The van der Waals surface area contributed by atoms with Crippen molar-refractivity contribution in [2.75, 3.05) is 40.1 Å². The Kier molecular flexibility index (Phi) is 5.88. The van der Waals surface area contributed by atoms with Crippen molar-refractivity contribution < 1.29 is 4.79 Å². The number of nitrogens with zero attached hydrogens (tertiary/aromatic N) is 4. The van der Waals surface area contributed by atoms with Crippen LogP contribution in [-0.4, -0.2) is 66.7 Å². The molecule has 0 spiro atoms. The molecule has 20 heavy (non-hydrogen) atoms. The first-order valence-electron chi connectivity index (χ1n) is 6.78. The van der Waals surface area contributed by atoms with Gasteiger partial charge in [0.25, 0.3) is 5.91 Å². The molecule has 0 saturated heterocycles. The molecule has 1 aromatic rings. The lowest BCUT2D eigenvalue weighted by Gasteiger charge is -2.25. The molecule has 0 radical (unpaired) electrons. The van der Waals surface area contributed by atoms with Crippen LogP contribution in [-0.2, 0) is 0 Å². The number of amides is 1. The predicted octanol–water partition coefficient (Wildman–Crippen LogP) is 1.18. The molecule has 1 N–H and O–H groups in total. The molecule has 0 aromatic carbocycles. The molecule has 1 unspecified atom stereocenters. The van der Waals surface area contributed by atoms with Crippen LogP contribution >= 0.6 is 0 Å². The summed E-state index contributed by atoms with van der Waals surface area (Å²) in [5, 5.41) is 11.4. The van der Waals surface area contributed by atoms with Crippen LogP contribution in [0.4, 0.5) is 5.82 Å². The standard InChI is InChI=1S/C14H25N5O/c1-10(2)12(9-18(3)4)15-13-8-7-11(16-17-13)14(20)19(5)6/h7-8,10,12H,9H2,1-6H3,(H,15,17). The Hall–Kier alpha value is -1.69. The molecule has 1 aromatic heterocycles. The summed E-state index contributed by atoms with van der Waals surface area (Å²) in [6, 6.07) is 3.79. The maximum absolute atomic E-state index is 11.7. The largest absolute Gasteiger partial charge is 0.364 e. The summed E-state index contributed by atoms with van der Waals surface area (Å²) in [5.41, 5.74) is 0.356. The van der Waals surface area contributed by atoms with Gasteiger partial charge in [0.05, 0.1) is 0 Å². The number of nitrogens with one attached hydrogen (secondary N) is 1. The Morgan fingerprint density at radius 2 is 1.85 bits per heavy atom. The van der Waals surface area contributed by atoms with Gasteiger partial charge in [-0.05, 0) is 32.1 Å². The zero-order valence-corrected chi connectivity index (χ0v) is 13.2. The molecule has 0 bridgehead atoms. The summed E-state index contributed by atoms with van der Waals surface area (Å²) in [6.45, 7) is 5.24. The summed E-state index contributed by atoms with van der Waals surface area (Å²) in [7, 11) is 7.48. The van der Waals surface area contributed by atoms with Crippen LogP contribution < -0.4 is 5.32 Å². The summed E-state index contributed by atoms with van der Waals surface area (Å²) in [6.07, 6.45) is 0. The summed E-state index contributed by atoms with van der Waals surface area (Å²) < 4.78 is 0. The fourth-order valence-corrected chi connectivity index (χ4v) is 1.76. The minimum Gasteiger partial charge on any atom is -0.364 e. The maximum Gasteiger partial charge on any atom is 0.273 e. The molecular formula is C14H25N5O. The molecule has 0 aliphatic rings. The average Bonchev–Trinajstić information content (AvgIpc) is 2.37. The number of hydrogen-bond acceptors (Lipinski definition) is 5. The van der Waals surface area contributed by atoms with Crippen LogP contribution in [0.15, 0.2) is 12.1 Å². The Balaban J connectivity index is 2.75. The van der Waals surface area contributed by atoms with Gasteiger partial charge in [0.1, 0.15) is 5.82 Å². The van der Waals surface area contributed by atoms with Crippen molar-refractivity contribution in [3.63, 3.8) is 0 Å². The highest BCUT2D eigenvalue weighted by Crippen LogP contribution is 2.11. The molecular weight excluding hydrogens is 254 g/mol. The van der Waals surface area contributed by atoms with E-state index >= 15 is 0 Å². The first kappa shape index (κ1) is 16.4. The van der Waals surface area contributed by atoms with Crippen LogP contribution in [0.3, 0.4) is 0 Å². The number of anilines is 1. The minimum atomic E-state index is -0.141. The SMILES string of the molecule is CC(C)C(CN(C)C)Nc1ccc(C(=O)N(C)C)nn1. The Labute approximate surface area is 121 Å². The number of carbonyl (C=O) groups is 1. The molecule has 0 aliphatic heterocycles. The lowest BCUT2D eigenvalue weighted by atomic mass is 10.0. The molecule has 0 saturated carbocycles. The van der Waals surface area contributed by atoms with E-state index in [1.54, 1.807) is 26.2 Å². The van der Waals surface area contributed by atoms with Crippen LogP contribution in [0.5, 0.6) is 0 Å².